The zero-order chi connectivity index (χ0) is 12.3. The predicted molar refractivity (Wildman–Crippen MR) is 74.0 cm³/mol. The molecule has 1 aliphatic carbocycles. The maximum absolute atomic E-state index is 12.9. The molecular formula is C13H19FN2S. The molecule has 2 atom stereocenters. The quantitative estimate of drug-likeness (QED) is 0.808. The first-order valence-electron chi connectivity index (χ1n) is 6.14. The van der Waals surface area contributed by atoms with E-state index < -0.39 is 0 Å². The molecule has 0 spiro atoms. The molecule has 1 fully saturated rings. The van der Waals surface area contributed by atoms with E-state index in [1.807, 2.05) is 11.8 Å². The molecule has 0 aliphatic heterocycles. The Morgan fingerprint density at radius 1 is 1.47 bits per heavy atom. The van der Waals surface area contributed by atoms with E-state index >= 15 is 0 Å². The minimum atomic E-state index is -0.279. The van der Waals surface area contributed by atoms with Gasteiger partial charge in [0.05, 0.1) is 11.4 Å². The van der Waals surface area contributed by atoms with E-state index in [1.54, 1.807) is 6.07 Å². The third-order valence-corrected chi connectivity index (χ3v) is 4.51. The molecule has 17 heavy (non-hydrogen) atoms. The van der Waals surface area contributed by atoms with Gasteiger partial charge in [-0.1, -0.05) is 13.3 Å². The summed E-state index contributed by atoms with van der Waals surface area (Å²) in [6.45, 7) is 2.19. The summed E-state index contributed by atoms with van der Waals surface area (Å²) < 4.78 is 12.9. The minimum absolute atomic E-state index is 0.279. The van der Waals surface area contributed by atoms with Crippen LogP contribution in [0.15, 0.2) is 18.2 Å². The first-order chi connectivity index (χ1) is 8.20. The van der Waals surface area contributed by atoms with E-state index in [9.17, 15) is 4.39 Å². The molecule has 0 radical (unpaired) electrons. The standard InChI is InChI=1S/C13H19FN2S/c1-2-17-13-5-3-4-12(13)16-11-7-6-9(14)8-10(11)15/h6-8,12-13,16H,2-5,15H2,1H3. The van der Waals surface area contributed by atoms with Crippen molar-refractivity contribution in [3.05, 3.63) is 24.0 Å². The van der Waals surface area contributed by atoms with E-state index in [0.717, 1.165) is 11.4 Å². The molecule has 1 aromatic carbocycles. The molecule has 94 valence electrons. The van der Waals surface area contributed by atoms with Crippen LogP contribution < -0.4 is 11.1 Å². The summed E-state index contributed by atoms with van der Waals surface area (Å²) >= 11 is 2.00. The molecular weight excluding hydrogens is 235 g/mol. The maximum Gasteiger partial charge on any atom is 0.125 e. The highest BCUT2D eigenvalue weighted by Gasteiger charge is 2.27. The monoisotopic (exact) mass is 254 g/mol. The lowest BCUT2D eigenvalue weighted by molar-refractivity contribution is 0.628. The fraction of sp³-hybridized carbons (Fsp3) is 0.538. The number of anilines is 2. The molecule has 2 rings (SSSR count). The SMILES string of the molecule is CCSC1CCCC1Nc1ccc(F)cc1N. The molecule has 2 unspecified atom stereocenters. The van der Waals surface area contributed by atoms with Gasteiger partial charge < -0.3 is 11.1 Å². The van der Waals surface area contributed by atoms with Gasteiger partial charge in [-0.05, 0) is 36.8 Å². The van der Waals surface area contributed by atoms with Gasteiger partial charge in [-0.2, -0.15) is 11.8 Å². The van der Waals surface area contributed by atoms with Gasteiger partial charge in [-0.15, -0.1) is 0 Å². The molecule has 1 aliphatic rings. The molecule has 1 aromatic rings. The number of thioether (sulfide) groups is 1. The number of nitrogens with two attached hydrogens (primary N) is 1. The van der Waals surface area contributed by atoms with Gasteiger partial charge in [0.2, 0.25) is 0 Å². The number of rotatable bonds is 4. The smallest absolute Gasteiger partial charge is 0.125 e. The Hall–Kier alpha value is -0.900. The topological polar surface area (TPSA) is 38.0 Å². The summed E-state index contributed by atoms with van der Waals surface area (Å²) in [4.78, 5) is 0. The van der Waals surface area contributed by atoms with Crippen LogP contribution in [0.3, 0.4) is 0 Å². The number of hydrogen-bond donors (Lipinski definition) is 2. The van der Waals surface area contributed by atoms with Crippen molar-refractivity contribution in [1.29, 1.82) is 0 Å². The minimum Gasteiger partial charge on any atom is -0.397 e. The van der Waals surface area contributed by atoms with Crippen molar-refractivity contribution < 1.29 is 4.39 Å². The van der Waals surface area contributed by atoms with Crippen molar-refractivity contribution in [1.82, 2.24) is 0 Å². The van der Waals surface area contributed by atoms with Crippen molar-refractivity contribution in [2.75, 3.05) is 16.8 Å². The van der Waals surface area contributed by atoms with E-state index in [4.69, 9.17) is 5.73 Å². The Morgan fingerprint density at radius 2 is 2.29 bits per heavy atom. The molecule has 0 saturated heterocycles. The van der Waals surface area contributed by atoms with Gasteiger partial charge in [0, 0.05) is 11.3 Å². The molecule has 0 aromatic heterocycles. The second kappa shape index (κ2) is 5.63. The summed E-state index contributed by atoms with van der Waals surface area (Å²) in [5.41, 5.74) is 7.17. The van der Waals surface area contributed by atoms with Crippen LogP contribution in [0, 0.1) is 5.82 Å². The summed E-state index contributed by atoms with van der Waals surface area (Å²) in [7, 11) is 0. The third kappa shape index (κ3) is 3.06. The van der Waals surface area contributed by atoms with Gasteiger partial charge in [-0.25, -0.2) is 4.39 Å². The number of nitrogens with one attached hydrogen (secondary N) is 1. The van der Waals surface area contributed by atoms with E-state index in [1.165, 1.54) is 31.4 Å². The van der Waals surface area contributed by atoms with Crippen LogP contribution in [0.5, 0.6) is 0 Å². The lowest BCUT2D eigenvalue weighted by atomic mass is 10.2. The normalized spacial score (nSPS) is 23.9. The van der Waals surface area contributed by atoms with Crippen LogP contribution in [0.2, 0.25) is 0 Å². The van der Waals surface area contributed by atoms with Crippen LogP contribution in [-0.4, -0.2) is 17.0 Å². The first-order valence-corrected chi connectivity index (χ1v) is 7.18. The molecule has 3 N–H and O–H groups in total. The average Bonchev–Trinajstić information content (AvgIpc) is 2.71. The van der Waals surface area contributed by atoms with Crippen LogP contribution in [-0.2, 0) is 0 Å². The Bertz CT molecular complexity index is 384. The summed E-state index contributed by atoms with van der Waals surface area (Å²) in [5, 5.41) is 4.12. The second-order valence-corrected chi connectivity index (χ2v) is 5.92. The van der Waals surface area contributed by atoms with Gasteiger partial charge in [0.15, 0.2) is 0 Å². The molecule has 4 heteroatoms. The fourth-order valence-corrected chi connectivity index (χ4v) is 3.57. The van der Waals surface area contributed by atoms with Crippen LogP contribution in [0.4, 0.5) is 15.8 Å². The number of nitrogen functional groups attached to an aromatic ring is 1. The number of hydrogen-bond acceptors (Lipinski definition) is 3. The Labute approximate surface area is 106 Å². The van der Waals surface area contributed by atoms with Crippen LogP contribution in [0.1, 0.15) is 26.2 Å². The molecule has 1 saturated carbocycles. The molecule has 0 heterocycles. The Kier molecular flexibility index (Phi) is 4.15. The van der Waals surface area contributed by atoms with E-state index in [2.05, 4.69) is 12.2 Å². The van der Waals surface area contributed by atoms with E-state index in [0.29, 0.717) is 17.0 Å². The predicted octanol–water partition coefficient (Wildman–Crippen LogP) is 3.49. The van der Waals surface area contributed by atoms with Crippen LogP contribution >= 0.6 is 11.8 Å². The largest absolute Gasteiger partial charge is 0.397 e. The lowest BCUT2D eigenvalue weighted by Crippen LogP contribution is -2.26. The van der Waals surface area contributed by atoms with Crippen molar-refractivity contribution >= 4 is 23.1 Å². The molecule has 2 nitrogen and oxygen atoms in total. The number of benzene rings is 1. The maximum atomic E-state index is 12.9. The van der Waals surface area contributed by atoms with E-state index in [-0.39, 0.29) is 5.82 Å². The Balaban J connectivity index is 2.04. The highest BCUT2D eigenvalue weighted by molar-refractivity contribution is 7.99. The van der Waals surface area contributed by atoms with Crippen molar-refractivity contribution in [3.8, 4) is 0 Å². The third-order valence-electron chi connectivity index (χ3n) is 3.19. The first kappa shape index (κ1) is 12.6. The molecule has 0 amide bonds. The fourth-order valence-electron chi connectivity index (χ4n) is 2.37. The van der Waals surface area contributed by atoms with Crippen molar-refractivity contribution in [2.24, 2.45) is 0 Å². The van der Waals surface area contributed by atoms with Crippen molar-refractivity contribution in [2.45, 2.75) is 37.5 Å². The summed E-state index contributed by atoms with van der Waals surface area (Å²) in [6.07, 6.45) is 3.70. The molecule has 0 bridgehead atoms. The van der Waals surface area contributed by atoms with Gasteiger partial charge in [0.25, 0.3) is 0 Å². The lowest BCUT2D eigenvalue weighted by Gasteiger charge is -2.22. The van der Waals surface area contributed by atoms with Gasteiger partial charge in [0.1, 0.15) is 5.82 Å². The highest BCUT2D eigenvalue weighted by atomic mass is 32.2. The number of halogens is 1. The second-order valence-electron chi connectivity index (χ2n) is 4.41. The van der Waals surface area contributed by atoms with Crippen molar-refractivity contribution in [3.63, 3.8) is 0 Å². The summed E-state index contributed by atoms with van der Waals surface area (Å²) in [6, 6.07) is 5.03. The van der Waals surface area contributed by atoms with Crippen LogP contribution in [0.25, 0.3) is 0 Å². The highest BCUT2D eigenvalue weighted by Crippen LogP contribution is 2.33. The van der Waals surface area contributed by atoms with Gasteiger partial charge in [-0.3, -0.25) is 0 Å². The average molecular weight is 254 g/mol. The summed E-state index contributed by atoms with van der Waals surface area (Å²) in [5.74, 6) is 0.862. The van der Waals surface area contributed by atoms with Gasteiger partial charge >= 0.3 is 0 Å². The zero-order valence-electron chi connectivity index (χ0n) is 10.1. The zero-order valence-corrected chi connectivity index (χ0v) is 10.9. The Morgan fingerprint density at radius 3 is 3.00 bits per heavy atom.